The highest BCUT2D eigenvalue weighted by Gasteiger charge is 2.37. The molecule has 7 nitrogen and oxygen atoms in total. The van der Waals surface area contributed by atoms with Crippen molar-refractivity contribution in [3.63, 3.8) is 0 Å². The first kappa shape index (κ1) is 18.8. The second kappa shape index (κ2) is 7.25. The Labute approximate surface area is 171 Å². The van der Waals surface area contributed by atoms with Crippen molar-refractivity contribution in [2.45, 2.75) is 31.2 Å². The third-order valence-electron chi connectivity index (χ3n) is 6.33. The summed E-state index contributed by atoms with van der Waals surface area (Å²) in [5.74, 6) is 1.01. The lowest BCUT2D eigenvalue weighted by molar-refractivity contribution is 0.0586. The smallest absolute Gasteiger partial charge is 0.257 e. The number of carbonyl (C=O) groups is 1. The average molecular weight is 415 g/mol. The van der Waals surface area contributed by atoms with E-state index in [9.17, 15) is 13.2 Å². The molecule has 8 heteroatoms. The van der Waals surface area contributed by atoms with Crippen molar-refractivity contribution in [3.8, 4) is 5.69 Å². The van der Waals surface area contributed by atoms with E-state index >= 15 is 0 Å². The van der Waals surface area contributed by atoms with Crippen LogP contribution < -0.4 is 0 Å². The van der Waals surface area contributed by atoms with Gasteiger partial charge in [-0.15, -0.1) is 0 Å². The molecule has 2 saturated heterocycles. The van der Waals surface area contributed by atoms with Crippen LogP contribution in [0.5, 0.6) is 0 Å². The lowest BCUT2D eigenvalue weighted by atomic mass is 10.1. The van der Waals surface area contributed by atoms with Crippen molar-refractivity contribution < 1.29 is 13.2 Å². The molecule has 0 spiro atoms. The van der Waals surface area contributed by atoms with Crippen molar-refractivity contribution in [1.29, 1.82) is 0 Å². The number of carbonyl (C=O) groups excluding carboxylic acids is 1. The van der Waals surface area contributed by atoms with Gasteiger partial charge in [-0.05, 0) is 31.4 Å². The van der Waals surface area contributed by atoms with Crippen molar-refractivity contribution >= 4 is 15.7 Å². The summed E-state index contributed by atoms with van der Waals surface area (Å²) in [7, 11) is -2.88. The van der Waals surface area contributed by atoms with Gasteiger partial charge in [-0.2, -0.15) is 5.10 Å². The summed E-state index contributed by atoms with van der Waals surface area (Å²) in [5.41, 5.74) is 2.74. The maximum absolute atomic E-state index is 13.3. The topological polar surface area (TPSA) is 75.5 Å². The zero-order chi connectivity index (χ0) is 20.0. The number of amides is 1. The Balaban J connectivity index is 1.31. The highest BCUT2D eigenvalue weighted by atomic mass is 32.2. The summed E-state index contributed by atoms with van der Waals surface area (Å²) in [6.45, 7) is 2.74. The van der Waals surface area contributed by atoms with E-state index in [1.54, 1.807) is 6.20 Å². The van der Waals surface area contributed by atoms with Crippen LogP contribution >= 0.6 is 0 Å². The van der Waals surface area contributed by atoms with Gasteiger partial charge < -0.3 is 4.90 Å². The zero-order valence-electron chi connectivity index (χ0n) is 16.4. The average Bonchev–Trinajstić information content (AvgIpc) is 3.37. The second-order valence-corrected chi connectivity index (χ2v) is 10.6. The number of hydrogen-bond acceptors (Lipinski definition) is 5. The number of para-hydroxylation sites is 1. The lowest BCUT2D eigenvalue weighted by Crippen LogP contribution is -2.52. The van der Waals surface area contributed by atoms with Gasteiger partial charge in [-0.1, -0.05) is 18.2 Å². The summed E-state index contributed by atoms with van der Waals surface area (Å²) in [4.78, 5) is 17.4. The molecule has 1 aromatic carbocycles. The van der Waals surface area contributed by atoms with E-state index in [2.05, 4.69) is 10.00 Å². The van der Waals surface area contributed by atoms with Crippen LogP contribution in [0.3, 0.4) is 0 Å². The molecule has 1 aromatic heterocycles. The van der Waals surface area contributed by atoms with Crippen molar-refractivity contribution in [2.24, 2.45) is 0 Å². The van der Waals surface area contributed by atoms with E-state index < -0.39 is 9.84 Å². The fourth-order valence-corrected chi connectivity index (χ4v) is 6.33. The first-order valence-electron chi connectivity index (χ1n) is 10.4. The molecule has 0 N–H and O–H groups in total. The van der Waals surface area contributed by atoms with Crippen LogP contribution in [0, 0.1) is 0 Å². The van der Waals surface area contributed by atoms with Crippen LogP contribution in [-0.4, -0.2) is 77.6 Å². The van der Waals surface area contributed by atoms with E-state index in [4.69, 9.17) is 0 Å². The number of hydrogen-bond donors (Lipinski definition) is 0. The van der Waals surface area contributed by atoms with Gasteiger partial charge in [0, 0.05) is 38.1 Å². The Morgan fingerprint density at radius 3 is 2.34 bits per heavy atom. The Morgan fingerprint density at radius 2 is 1.72 bits per heavy atom. The molecule has 2 aliphatic heterocycles. The fraction of sp³-hybridized carbons (Fsp3) is 0.524. The zero-order valence-corrected chi connectivity index (χ0v) is 17.2. The van der Waals surface area contributed by atoms with Gasteiger partial charge in [-0.3, -0.25) is 9.69 Å². The van der Waals surface area contributed by atoms with Gasteiger partial charge >= 0.3 is 0 Å². The molecule has 1 atom stereocenters. The minimum Gasteiger partial charge on any atom is -0.336 e. The van der Waals surface area contributed by atoms with Gasteiger partial charge in [0.15, 0.2) is 9.84 Å². The molecule has 29 heavy (non-hydrogen) atoms. The van der Waals surface area contributed by atoms with Crippen LogP contribution in [0.1, 0.15) is 41.2 Å². The molecule has 5 rings (SSSR count). The molecule has 154 valence electrons. The van der Waals surface area contributed by atoms with Gasteiger partial charge in [-0.25, -0.2) is 13.1 Å². The Hall–Kier alpha value is -2.19. The third-order valence-corrected chi connectivity index (χ3v) is 8.08. The monoisotopic (exact) mass is 414 g/mol. The number of benzene rings is 1. The van der Waals surface area contributed by atoms with Crippen molar-refractivity contribution in [2.75, 3.05) is 37.7 Å². The summed E-state index contributed by atoms with van der Waals surface area (Å²) in [6.07, 6.45) is 4.64. The Morgan fingerprint density at radius 1 is 1.00 bits per heavy atom. The van der Waals surface area contributed by atoms with Gasteiger partial charge in [0.25, 0.3) is 5.91 Å². The van der Waals surface area contributed by atoms with Crippen LogP contribution in [0.2, 0.25) is 0 Å². The normalized spacial score (nSPS) is 24.7. The minimum atomic E-state index is -2.88. The van der Waals surface area contributed by atoms with E-state index in [0.717, 1.165) is 37.3 Å². The minimum absolute atomic E-state index is 0.0489. The highest BCUT2D eigenvalue weighted by molar-refractivity contribution is 7.91. The summed E-state index contributed by atoms with van der Waals surface area (Å²) < 4.78 is 25.5. The van der Waals surface area contributed by atoms with Crippen molar-refractivity contribution in [3.05, 3.63) is 47.8 Å². The number of nitrogens with zero attached hydrogens (tertiary/aromatic N) is 4. The van der Waals surface area contributed by atoms with E-state index in [-0.39, 0.29) is 17.7 Å². The third kappa shape index (κ3) is 3.71. The summed E-state index contributed by atoms with van der Waals surface area (Å²) in [5, 5.41) is 4.55. The molecule has 0 bridgehead atoms. The van der Waals surface area contributed by atoms with Crippen LogP contribution in [0.25, 0.3) is 5.69 Å². The molecule has 1 saturated carbocycles. The van der Waals surface area contributed by atoms with Gasteiger partial charge in [0.05, 0.1) is 34.6 Å². The van der Waals surface area contributed by atoms with E-state index in [0.29, 0.717) is 36.7 Å². The molecule has 1 amide bonds. The van der Waals surface area contributed by atoms with Crippen molar-refractivity contribution in [1.82, 2.24) is 19.6 Å². The summed E-state index contributed by atoms with van der Waals surface area (Å²) >= 11 is 0. The molecule has 3 heterocycles. The van der Waals surface area contributed by atoms with Crippen LogP contribution in [-0.2, 0) is 9.84 Å². The largest absolute Gasteiger partial charge is 0.336 e. The Kier molecular flexibility index (Phi) is 4.70. The number of rotatable bonds is 4. The number of aromatic nitrogens is 2. The van der Waals surface area contributed by atoms with Crippen LogP contribution in [0.4, 0.5) is 0 Å². The summed E-state index contributed by atoms with van der Waals surface area (Å²) in [6, 6.07) is 10.1. The molecule has 2 aromatic rings. The SMILES string of the molecule is O=C(c1cnn(-c2ccccc2)c1C1CC1)N1CCN(C2CCS(=O)(=O)C2)CC1. The highest BCUT2D eigenvalue weighted by Crippen LogP contribution is 2.42. The second-order valence-electron chi connectivity index (χ2n) is 8.35. The first-order valence-corrected chi connectivity index (χ1v) is 12.2. The number of piperazine rings is 1. The number of sulfone groups is 1. The van der Waals surface area contributed by atoms with Crippen LogP contribution in [0.15, 0.2) is 36.5 Å². The quantitative estimate of drug-likeness (QED) is 0.761. The maximum atomic E-state index is 13.3. The van der Waals surface area contributed by atoms with Gasteiger partial charge in [0.1, 0.15) is 0 Å². The van der Waals surface area contributed by atoms with E-state index in [1.807, 2.05) is 39.9 Å². The van der Waals surface area contributed by atoms with E-state index in [1.165, 1.54) is 0 Å². The standard InChI is InChI=1S/C21H26N4O3S/c26-21(24-11-9-23(10-12-24)18-8-13-29(27,28)15-18)19-14-22-25(20(19)16-6-7-16)17-4-2-1-3-5-17/h1-5,14,16,18H,6-13,15H2. The molecule has 0 radical (unpaired) electrons. The lowest BCUT2D eigenvalue weighted by Gasteiger charge is -2.37. The molecule has 1 unspecified atom stereocenters. The maximum Gasteiger partial charge on any atom is 0.257 e. The molecule has 3 fully saturated rings. The predicted octanol–water partition coefficient (Wildman–Crippen LogP) is 1.69. The predicted molar refractivity (Wildman–Crippen MR) is 110 cm³/mol. The molecular formula is C21H26N4O3S. The Bertz CT molecular complexity index is 1010. The molecular weight excluding hydrogens is 388 g/mol. The molecule has 3 aliphatic rings. The fourth-order valence-electron chi connectivity index (χ4n) is 4.57. The first-order chi connectivity index (χ1) is 14.0. The van der Waals surface area contributed by atoms with Gasteiger partial charge in [0.2, 0.25) is 0 Å². The molecule has 1 aliphatic carbocycles.